The molecular formula is C20H25ClN4O2. The van der Waals surface area contributed by atoms with Gasteiger partial charge >= 0.3 is 6.03 Å². The van der Waals surface area contributed by atoms with Crippen LogP contribution < -0.4 is 16.4 Å². The fourth-order valence-corrected chi connectivity index (χ4v) is 3.03. The number of fused-ring (bicyclic) bond motifs is 1. The molecule has 0 saturated heterocycles. The van der Waals surface area contributed by atoms with Crippen LogP contribution in [0.5, 0.6) is 0 Å². The van der Waals surface area contributed by atoms with Gasteiger partial charge in [-0.25, -0.2) is 4.79 Å². The lowest BCUT2D eigenvalue weighted by Gasteiger charge is -2.28. The van der Waals surface area contributed by atoms with Crippen molar-refractivity contribution in [1.82, 2.24) is 15.5 Å². The molecule has 0 aliphatic carbocycles. The van der Waals surface area contributed by atoms with Crippen molar-refractivity contribution in [3.63, 3.8) is 0 Å². The molecule has 4 N–H and O–H groups in total. The highest BCUT2D eigenvalue weighted by molar-refractivity contribution is 5.85. The molecule has 2 aromatic carbocycles. The molecule has 3 rings (SSSR count). The molecule has 0 spiro atoms. The Labute approximate surface area is 165 Å². The maximum absolute atomic E-state index is 12.3. The number of amides is 3. The van der Waals surface area contributed by atoms with Crippen molar-refractivity contribution in [2.24, 2.45) is 0 Å². The molecular weight excluding hydrogens is 364 g/mol. The maximum Gasteiger partial charge on any atom is 0.318 e. The number of nitrogens with two attached hydrogens (primary N) is 1. The third-order valence-electron chi connectivity index (χ3n) is 4.53. The van der Waals surface area contributed by atoms with Gasteiger partial charge in [-0.15, -0.1) is 12.4 Å². The zero-order valence-electron chi connectivity index (χ0n) is 15.1. The highest BCUT2D eigenvalue weighted by Crippen LogP contribution is 2.18. The standard InChI is InChI=1S/C20H24N4O2.ClH/c21-18-7-5-15(6-8-18)9-11-22-19(25)13-23-20(26)24-12-10-16-3-1-2-4-17(16)14-24;/h1-8H,9-14,21H2,(H,22,25)(H,23,26);1H. The van der Waals surface area contributed by atoms with Gasteiger partial charge in [-0.2, -0.15) is 0 Å². The van der Waals surface area contributed by atoms with Crippen LogP contribution in [-0.2, 0) is 24.2 Å². The van der Waals surface area contributed by atoms with Gasteiger partial charge in [0.15, 0.2) is 0 Å². The number of urea groups is 1. The molecule has 0 saturated carbocycles. The first-order valence-corrected chi connectivity index (χ1v) is 8.82. The summed E-state index contributed by atoms with van der Waals surface area (Å²) < 4.78 is 0. The van der Waals surface area contributed by atoms with Gasteiger partial charge in [-0.05, 0) is 41.7 Å². The quantitative estimate of drug-likeness (QED) is 0.685. The predicted molar refractivity (Wildman–Crippen MR) is 109 cm³/mol. The van der Waals surface area contributed by atoms with E-state index in [0.717, 1.165) is 24.1 Å². The topological polar surface area (TPSA) is 87.5 Å². The van der Waals surface area contributed by atoms with Gasteiger partial charge in [-0.1, -0.05) is 36.4 Å². The van der Waals surface area contributed by atoms with Crippen molar-refractivity contribution in [3.8, 4) is 0 Å². The van der Waals surface area contributed by atoms with Crippen LogP contribution in [0, 0.1) is 0 Å². The Hall–Kier alpha value is -2.73. The minimum Gasteiger partial charge on any atom is -0.399 e. The highest BCUT2D eigenvalue weighted by atomic mass is 35.5. The van der Waals surface area contributed by atoms with Crippen LogP contribution in [0.1, 0.15) is 16.7 Å². The van der Waals surface area contributed by atoms with E-state index in [1.165, 1.54) is 11.1 Å². The molecule has 0 bridgehead atoms. The second kappa shape index (κ2) is 9.83. The van der Waals surface area contributed by atoms with Crippen LogP contribution in [-0.4, -0.2) is 36.5 Å². The van der Waals surface area contributed by atoms with Crippen molar-refractivity contribution in [3.05, 3.63) is 65.2 Å². The molecule has 1 heterocycles. The van der Waals surface area contributed by atoms with E-state index in [9.17, 15) is 9.59 Å². The van der Waals surface area contributed by atoms with Crippen LogP contribution in [0.4, 0.5) is 10.5 Å². The third-order valence-corrected chi connectivity index (χ3v) is 4.53. The lowest BCUT2D eigenvalue weighted by molar-refractivity contribution is -0.120. The van der Waals surface area contributed by atoms with Gasteiger partial charge in [-0.3, -0.25) is 4.79 Å². The number of halogens is 1. The molecule has 144 valence electrons. The molecule has 7 heteroatoms. The summed E-state index contributed by atoms with van der Waals surface area (Å²) in [6.07, 6.45) is 1.57. The van der Waals surface area contributed by atoms with E-state index in [-0.39, 0.29) is 30.9 Å². The first-order valence-electron chi connectivity index (χ1n) is 8.82. The van der Waals surface area contributed by atoms with Gasteiger partial charge in [0.05, 0.1) is 6.54 Å². The van der Waals surface area contributed by atoms with Crippen LogP contribution in [0.15, 0.2) is 48.5 Å². The smallest absolute Gasteiger partial charge is 0.318 e. The lowest BCUT2D eigenvalue weighted by Crippen LogP contribution is -2.46. The maximum atomic E-state index is 12.3. The first kappa shape index (κ1) is 20.6. The number of benzene rings is 2. The minimum atomic E-state index is -0.201. The van der Waals surface area contributed by atoms with E-state index in [4.69, 9.17) is 5.73 Å². The molecule has 3 amide bonds. The predicted octanol–water partition coefficient (Wildman–Crippen LogP) is 2.12. The number of anilines is 1. The summed E-state index contributed by atoms with van der Waals surface area (Å²) in [5.41, 5.74) is 9.93. The van der Waals surface area contributed by atoms with Gasteiger partial charge in [0, 0.05) is 25.3 Å². The monoisotopic (exact) mass is 388 g/mol. The Morgan fingerprint density at radius 1 is 1.00 bits per heavy atom. The van der Waals surface area contributed by atoms with Crippen LogP contribution in [0.3, 0.4) is 0 Å². The van der Waals surface area contributed by atoms with E-state index in [2.05, 4.69) is 16.7 Å². The molecule has 0 fully saturated rings. The average Bonchev–Trinajstić information content (AvgIpc) is 2.67. The Bertz CT molecular complexity index is 780. The number of hydrogen-bond acceptors (Lipinski definition) is 3. The summed E-state index contributed by atoms with van der Waals surface area (Å²) in [6.45, 7) is 1.76. The summed E-state index contributed by atoms with van der Waals surface area (Å²) in [5, 5.41) is 5.51. The van der Waals surface area contributed by atoms with Crippen LogP contribution >= 0.6 is 12.4 Å². The SMILES string of the molecule is Cl.Nc1ccc(CCNC(=O)CNC(=O)N2CCc3ccccc3C2)cc1. The first-order chi connectivity index (χ1) is 12.6. The van der Waals surface area contributed by atoms with Crippen molar-refractivity contribution < 1.29 is 9.59 Å². The normalized spacial score (nSPS) is 12.5. The zero-order chi connectivity index (χ0) is 18.4. The lowest BCUT2D eigenvalue weighted by atomic mass is 10.0. The molecule has 0 aromatic heterocycles. The van der Waals surface area contributed by atoms with E-state index in [0.29, 0.717) is 19.6 Å². The number of nitrogens with one attached hydrogen (secondary N) is 2. The van der Waals surface area contributed by atoms with E-state index >= 15 is 0 Å². The van der Waals surface area contributed by atoms with Gasteiger partial charge in [0.1, 0.15) is 0 Å². The number of carbonyl (C=O) groups is 2. The second-order valence-electron chi connectivity index (χ2n) is 6.44. The van der Waals surface area contributed by atoms with E-state index in [1.807, 2.05) is 42.5 Å². The van der Waals surface area contributed by atoms with E-state index < -0.39 is 0 Å². The molecule has 0 radical (unpaired) electrons. The fourth-order valence-electron chi connectivity index (χ4n) is 3.03. The Morgan fingerprint density at radius 2 is 1.70 bits per heavy atom. The van der Waals surface area contributed by atoms with Gasteiger partial charge in [0.25, 0.3) is 0 Å². The van der Waals surface area contributed by atoms with E-state index in [1.54, 1.807) is 4.90 Å². The number of rotatable bonds is 5. The molecule has 0 unspecified atom stereocenters. The van der Waals surface area contributed by atoms with Crippen molar-refractivity contribution in [2.45, 2.75) is 19.4 Å². The molecule has 1 aliphatic heterocycles. The van der Waals surface area contributed by atoms with Crippen molar-refractivity contribution in [2.75, 3.05) is 25.4 Å². The van der Waals surface area contributed by atoms with Crippen molar-refractivity contribution >= 4 is 30.0 Å². The van der Waals surface area contributed by atoms with Crippen molar-refractivity contribution in [1.29, 1.82) is 0 Å². The zero-order valence-corrected chi connectivity index (χ0v) is 15.9. The number of carbonyl (C=O) groups excluding carboxylic acids is 2. The number of nitrogens with zero attached hydrogens (tertiary/aromatic N) is 1. The number of hydrogen-bond donors (Lipinski definition) is 3. The molecule has 1 aliphatic rings. The Morgan fingerprint density at radius 3 is 2.44 bits per heavy atom. The minimum absolute atomic E-state index is 0. The van der Waals surface area contributed by atoms with Crippen LogP contribution in [0.2, 0.25) is 0 Å². The summed E-state index contributed by atoms with van der Waals surface area (Å²) >= 11 is 0. The Balaban J connectivity index is 0.00000261. The Kier molecular flexibility index (Phi) is 7.49. The average molecular weight is 389 g/mol. The number of nitrogen functional groups attached to an aromatic ring is 1. The highest BCUT2D eigenvalue weighted by Gasteiger charge is 2.20. The van der Waals surface area contributed by atoms with Gasteiger partial charge < -0.3 is 21.3 Å². The largest absolute Gasteiger partial charge is 0.399 e. The molecule has 0 atom stereocenters. The fraction of sp³-hybridized carbons (Fsp3) is 0.300. The summed E-state index contributed by atoms with van der Waals surface area (Å²) in [4.78, 5) is 25.9. The van der Waals surface area contributed by atoms with Crippen LogP contribution in [0.25, 0.3) is 0 Å². The molecule has 27 heavy (non-hydrogen) atoms. The summed E-state index contributed by atoms with van der Waals surface area (Å²) in [6, 6.07) is 15.5. The third kappa shape index (κ3) is 5.89. The summed E-state index contributed by atoms with van der Waals surface area (Å²) in [5.74, 6) is -0.189. The molecule has 2 aromatic rings. The summed E-state index contributed by atoms with van der Waals surface area (Å²) in [7, 11) is 0. The van der Waals surface area contributed by atoms with Gasteiger partial charge in [0.2, 0.25) is 5.91 Å². The molecule has 6 nitrogen and oxygen atoms in total. The second-order valence-corrected chi connectivity index (χ2v) is 6.44.